The van der Waals surface area contributed by atoms with Crippen LogP contribution >= 0.6 is 0 Å². The summed E-state index contributed by atoms with van der Waals surface area (Å²) >= 11 is 0. The fourth-order valence-electron chi connectivity index (χ4n) is 2.52. The fraction of sp³-hybridized carbons (Fsp3) is 0.533. The summed E-state index contributed by atoms with van der Waals surface area (Å²) in [6.45, 7) is 2.39. The Balaban J connectivity index is 1.84. The van der Waals surface area contributed by atoms with Crippen LogP contribution in [0.1, 0.15) is 36.8 Å². The Kier molecular flexibility index (Phi) is 4.02. The lowest BCUT2D eigenvalue weighted by Crippen LogP contribution is -2.41. The number of nitrogens with one attached hydrogen (secondary N) is 1. The third-order valence-electron chi connectivity index (χ3n) is 3.76. The molecule has 0 unspecified atom stereocenters. The molecule has 0 saturated heterocycles. The van der Waals surface area contributed by atoms with Crippen molar-refractivity contribution in [2.24, 2.45) is 0 Å². The molecule has 0 heterocycles. The Morgan fingerprint density at radius 3 is 2.67 bits per heavy atom. The largest absolute Gasteiger partial charge is 0.388 e. The maximum Gasteiger partial charge on any atom is 0.224 e. The van der Waals surface area contributed by atoms with E-state index in [1.54, 1.807) is 0 Å². The summed E-state index contributed by atoms with van der Waals surface area (Å²) in [5, 5.41) is 13.0. The van der Waals surface area contributed by atoms with E-state index < -0.39 is 5.60 Å². The molecule has 0 aliphatic heterocycles. The number of hydrogen-bond donors (Lipinski definition) is 2. The van der Waals surface area contributed by atoms with E-state index in [0.29, 0.717) is 13.0 Å². The number of hydrogen-bond acceptors (Lipinski definition) is 2. The molecule has 0 atom stereocenters. The molecular formula is C15H21NO2. The highest BCUT2D eigenvalue weighted by Gasteiger charge is 2.31. The predicted molar refractivity (Wildman–Crippen MR) is 71.3 cm³/mol. The standard InChI is InChI=1S/C15H21NO2/c1-12-6-2-3-7-13(12)10-14(17)16-11-15(18)8-4-5-9-15/h2-3,6-7,18H,4-5,8-11H2,1H3,(H,16,17). The highest BCUT2D eigenvalue weighted by atomic mass is 16.3. The molecule has 3 nitrogen and oxygen atoms in total. The van der Waals surface area contributed by atoms with E-state index in [-0.39, 0.29) is 5.91 Å². The molecule has 3 heteroatoms. The Bertz CT molecular complexity index is 422. The zero-order valence-electron chi connectivity index (χ0n) is 10.9. The minimum absolute atomic E-state index is 0.00961. The average Bonchev–Trinajstić information content (AvgIpc) is 2.77. The van der Waals surface area contributed by atoms with E-state index in [2.05, 4.69) is 5.32 Å². The van der Waals surface area contributed by atoms with E-state index in [1.165, 1.54) is 0 Å². The number of benzene rings is 1. The number of aryl methyl sites for hydroxylation is 1. The smallest absolute Gasteiger partial charge is 0.224 e. The first-order valence-electron chi connectivity index (χ1n) is 6.63. The quantitative estimate of drug-likeness (QED) is 0.854. The molecule has 1 aromatic rings. The molecule has 0 spiro atoms. The van der Waals surface area contributed by atoms with Crippen LogP contribution in [0.5, 0.6) is 0 Å². The molecule has 98 valence electrons. The molecule has 1 aliphatic rings. The highest BCUT2D eigenvalue weighted by molar-refractivity contribution is 5.79. The Hall–Kier alpha value is -1.35. The summed E-state index contributed by atoms with van der Waals surface area (Å²) in [6.07, 6.45) is 4.12. The van der Waals surface area contributed by atoms with Crippen LogP contribution in [0.2, 0.25) is 0 Å². The molecule has 1 fully saturated rings. The molecule has 2 N–H and O–H groups in total. The molecule has 1 aliphatic carbocycles. The van der Waals surface area contributed by atoms with Crippen LogP contribution in [-0.2, 0) is 11.2 Å². The van der Waals surface area contributed by atoms with Crippen molar-refractivity contribution >= 4 is 5.91 Å². The van der Waals surface area contributed by atoms with Crippen molar-refractivity contribution in [2.45, 2.75) is 44.6 Å². The van der Waals surface area contributed by atoms with Gasteiger partial charge in [-0.1, -0.05) is 37.1 Å². The van der Waals surface area contributed by atoms with E-state index in [4.69, 9.17) is 0 Å². The van der Waals surface area contributed by atoms with Crippen molar-refractivity contribution in [2.75, 3.05) is 6.54 Å². The molecule has 0 bridgehead atoms. The third-order valence-corrected chi connectivity index (χ3v) is 3.76. The minimum atomic E-state index is -0.665. The van der Waals surface area contributed by atoms with Gasteiger partial charge in [-0.15, -0.1) is 0 Å². The lowest BCUT2D eigenvalue weighted by atomic mass is 10.0. The molecule has 2 rings (SSSR count). The second-order valence-corrected chi connectivity index (χ2v) is 5.31. The zero-order chi connectivity index (χ0) is 13.0. The monoisotopic (exact) mass is 247 g/mol. The Labute approximate surface area is 108 Å². The van der Waals surface area contributed by atoms with Crippen LogP contribution in [0.4, 0.5) is 0 Å². The lowest BCUT2D eigenvalue weighted by molar-refractivity contribution is -0.121. The van der Waals surface area contributed by atoms with Gasteiger partial charge in [0.2, 0.25) is 5.91 Å². The van der Waals surface area contributed by atoms with Gasteiger partial charge in [-0.25, -0.2) is 0 Å². The van der Waals surface area contributed by atoms with Crippen molar-refractivity contribution in [3.05, 3.63) is 35.4 Å². The third kappa shape index (κ3) is 3.33. The van der Waals surface area contributed by atoms with Crippen molar-refractivity contribution in [1.82, 2.24) is 5.32 Å². The average molecular weight is 247 g/mol. The first-order chi connectivity index (χ1) is 8.59. The fourth-order valence-corrected chi connectivity index (χ4v) is 2.52. The summed E-state index contributed by atoms with van der Waals surface area (Å²) in [4.78, 5) is 11.8. The van der Waals surface area contributed by atoms with Crippen molar-refractivity contribution in [3.63, 3.8) is 0 Å². The van der Waals surface area contributed by atoms with Crippen LogP contribution in [0.25, 0.3) is 0 Å². The minimum Gasteiger partial charge on any atom is -0.388 e. The van der Waals surface area contributed by atoms with Gasteiger partial charge in [-0.2, -0.15) is 0 Å². The van der Waals surface area contributed by atoms with Gasteiger partial charge >= 0.3 is 0 Å². The maximum absolute atomic E-state index is 11.8. The summed E-state index contributed by atoms with van der Waals surface area (Å²) in [6, 6.07) is 7.89. The molecule has 0 aromatic heterocycles. The van der Waals surface area contributed by atoms with Gasteiger partial charge < -0.3 is 10.4 Å². The van der Waals surface area contributed by atoms with Gasteiger partial charge in [0.05, 0.1) is 12.0 Å². The van der Waals surface area contributed by atoms with Crippen LogP contribution in [0.3, 0.4) is 0 Å². The first kappa shape index (κ1) is 13.1. The van der Waals surface area contributed by atoms with Gasteiger partial charge in [0.15, 0.2) is 0 Å². The highest BCUT2D eigenvalue weighted by Crippen LogP contribution is 2.28. The van der Waals surface area contributed by atoms with Crippen LogP contribution in [-0.4, -0.2) is 23.2 Å². The van der Waals surface area contributed by atoms with Gasteiger partial charge in [0.1, 0.15) is 0 Å². The topological polar surface area (TPSA) is 49.3 Å². The maximum atomic E-state index is 11.8. The van der Waals surface area contributed by atoms with Crippen molar-refractivity contribution in [3.8, 4) is 0 Å². The van der Waals surface area contributed by atoms with Crippen molar-refractivity contribution in [1.29, 1.82) is 0 Å². The van der Waals surface area contributed by atoms with Crippen LogP contribution in [0.15, 0.2) is 24.3 Å². The second-order valence-electron chi connectivity index (χ2n) is 5.31. The molecular weight excluding hydrogens is 226 g/mol. The number of carbonyl (C=O) groups is 1. The van der Waals surface area contributed by atoms with Crippen molar-refractivity contribution < 1.29 is 9.90 Å². The van der Waals surface area contributed by atoms with Crippen LogP contribution in [0, 0.1) is 6.92 Å². The van der Waals surface area contributed by atoms with Gasteiger partial charge in [0, 0.05) is 6.54 Å². The number of rotatable bonds is 4. The number of carbonyl (C=O) groups excluding carboxylic acids is 1. The molecule has 1 aromatic carbocycles. The molecule has 18 heavy (non-hydrogen) atoms. The molecule has 1 amide bonds. The van der Waals surface area contributed by atoms with E-state index in [0.717, 1.165) is 36.8 Å². The van der Waals surface area contributed by atoms with Crippen LogP contribution < -0.4 is 5.32 Å². The van der Waals surface area contributed by atoms with Gasteiger partial charge in [0.25, 0.3) is 0 Å². The SMILES string of the molecule is Cc1ccccc1CC(=O)NCC1(O)CCCC1. The summed E-state index contributed by atoms with van der Waals surface area (Å²) < 4.78 is 0. The van der Waals surface area contributed by atoms with Gasteiger partial charge in [-0.05, 0) is 30.9 Å². The van der Waals surface area contributed by atoms with E-state index in [9.17, 15) is 9.90 Å². The second kappa shape index (κ2) is 5.53. The normalized spacial score (nSPS) is 17.7. The lowest BCUT2D eigenvalue weighted by Gasteiger charge is -2.22. The number of aliphatic hydroxyl groups is 1. The Morgan fingerprint density at radius 2 is 2.00 bits per heavy atom. The summed E-state index contributed by atoms with van der Waals surface area (Å²) in [7, 11) is 0. The Morgan fingerprint density at radius 1 is 1.33 bits per heavy atom. The van der Waals surface area contributed by atoms with E-state index >= 15 is 0 Å². The first-order valence-corrected chi connectivity index (χ1v) is 6.63. The zero-order valence-corrected chi connectivity index (χ0v) is 10.9. The van der Waals surface area contributed by atoms with E-state index in [1.807, 2.05) is 31.2 Å². The molecule has 0 radical (unpaired) electrons. The summed E-state index contributed by atoms with van der Waals surface area (Å²) in [5.74, 6) is -0.00961. The summed E-state index contributed by atoms with van der Waals surface area (Å²) in [5.41, 5.74) is 1.52. The molecule has 1 saturated carbocycles. The number of amides is 1. The predicted octanol–water partition coefficient (Wildman–Crippen LogP) is 1.96. The van der Waals surface area contributed by atoms with Gasteiger partial charge in [-0.3, -0.25) is 4.79 Å².